The maximum absolute atomic E-state index is 12.2. The summed E-state index contributed by atoms with van der Waals surface area (Å²) in [6, 6.07) is 10.00. The number of carbonyl (C=O) groups is 1. The summed E-state index contributed by atoms with van der Waals surface area (Å²) in [5.74, 6) is 0.354. The van der Waals surface area contributed by atoms with Crippen LogP contribution in [-0.4, -0.2) is 12.5 Å². The summed E-state index contributed by atoms with van der Waals surface area (Å²) >= 11 is 11.9. The van der Waals surface area contributed by atoms with Gasteiger partial charge in [-0.15, -0.1) is 0 Å². The van der Waals surface area contributed by atoms with Crippen LogP contribution in [0.3, 0.4) is 0 Å². The van der Waals surface area contributed by atoms with E-state index in [0.29, 0.717) is 33.7 Å². The minimum absolute atomic E-state index is 0.284. The van der Waals surface area contributed by atoms with Gasteiger partial charge in [-0.1, -0.05) is 29.3 Å². The quantitative estimate of drug-likeness (QED) is 0.827. The van der Waals surface area contributed by atoms with Crippen molar-refractivity contribution >= 4 is 40.5 Å². The molecular formula is C15H14Cl2N2O2. The molecule has 6 heteroatoms. The Morgan fingerprint density at radius 3 is 2.52 bits per heavy atom. The second kappa shape index (κ2) is 6.70. The van der Waals surface area contributed by atoms with Crippen LogP contribution in [0.4, 0.5) is 11.4 Å². The number of rotatable bonds is 4. The van der Waals surface area contributed by atoms with Crippen LogP contribution in [0.15, 0.2) is 36.4 Å². The third kappa shape index (κ3) is 3.80. The molecule has 0 saturated carbocycles. The van der Waals surface area contributed by atoms with Crippen LogP contribution in [0.5, 0.6) is 5.75 Å². The van der Waals surface area contributed by atoms with E-state index in [2.05, 4.69) is 5.32 Å². The average molecular weight is 325 g/mol. The molecule has 0 spiro atoms. The smallest absolute Gasteiger partial charge is 0.255 e. The number of hydrogen-bond acceptors (Lipinski definition) is 3. The minimum atomic E-state index is -0.284. The van der Waals surface area contributed by atoms with Crippen molar-refractivity contribution in [2.24, 2.45) is 0 Å². The van der Waals surface area contributed by atoms with Gasteiger partial charge in [-0.05, 0) is 37.3 Å². The van der Waals surface area contributed by atoms with Crippen molar-refractivity contribution in [3.8, 4) is 5.75 Å². The molecule has 4 nitrogen and oxygen atoms in total. The molecule has 0 aliphatic heterocycles. The summed E-state index contributed by atoms with van der Waals surface area (Å²) in [5.41, 5.74) is 6.89. The van der Waals surface area contributed by atoms with E-state index in [1.54, 1.807) is 36.4 Å². The van der Waals surface area contributed by atoms with Crippen molar-refractivity contribution in [1.29, 1.82) is 0 Å². The van der Waals surface area contributed by atoms with Gasteiger partial charge in [-0.3, -0.25) is 4.79 Å². The zero-order valence-electron chi connectivity index (χ0n) is 11.3. The predicted molar refractivity (Wildman–Crippen MR) is 86.4 cm³/mol. The van der Waals surface area contributed by atoms with Crippen LogP contribution < -0.4 is 15.8 Å². The Morgan fingerprint density at radius 1 is 1.24 bits per heavy atom. The van der Waals surface area contributed by atoms with Crippen molar-refractivity contribution in [3.63, 3.8) is 0 Å². The number of hydrogen-bond donors (Lipinski definition) is 2. The highest BCUT2D eigenvalue weighted by atomic mass is 35.5. The Hall–Kier alpha value is -1.91. The van der Waals surface area contributed by atoms with Crippen molar-refractivity contribution in [3.05, 3.63) is 52.0 Å². The number of amides is 1. The Morgan fingerprint density at radius 2 is 1.90 bits per heavy atom. The van der Waals surface area contributed by atoms with E-state index in [1.807, 2.05) is 6.92 Å². The van der Waals surface area contributed by atoms with Crippen LogP contribution in [-0.2, 0) is 0 Å². The van der Waals surface area contributed by atoms with E-state index < -0.39 is 0 Å². The van der Waals surface area contributed by atoms with Gasteiger partial charge in [0.2, 0.25) is 0 Å². The zero-order valence-corrected chi connectivity index (χ0v) is 12.8. The third-order valence-electron chi connectivity index (χ3n) is 2.74. The Kier molecular flexibility index (Phi) is 4.94. The lowest BCUT2D eigenvalue weighted by molar-refractivity contribution is 0.102. The average Bonchev–Trinajstić information content (AvgIpc) is 2.45. The monoisotopic (exact) mass is 324 g/mol. The van der Waals surface area contributed by atoms with Gasteiger partial charge in [0.05, 0.1) is 22.3 Å². The van der Waals surface area contributed by atoms with Gasteiger partial charge in [-0.25, -0.2) is 0 Å². The van der Waals surface area contributed by atoms with E-state index in [-0.39, 0.29) is 11.6 Å². The molecular weight excluding hydrogens is 311 g/mol. The number of benzene rings is 2. The van der Waals surface area contributed by atoms with Crippen molar-refractivity contribution in [2.75, 3.05) is 17.7 Å². The van der Waals surface area contributed by atoms with E-state index >= 15 is 0 Å². The SMILES string of the molecule is CCOc1cccc(C(=O)Nc2cc(Cl)c(N)c(Cl)c2)c1. The molecule has 0 bridgehead atoms. The highest BCUT2D eigenvalue weighted by Crippen LogP contribution is 2.31. The van der Waals surface area contributed by atoms with Gasteiger partial charge in [0.25, 0.3) is 5.91 Å². The number of nitrogens with two attached hydrogens (primary N) is 1. The van der Waals surface area contributed by atoms with Crippen LogP contribution in [0.1, 0.15) is 17.3 Å². The Labute approximate surface area is 132 Å². The molecule has 2 rings (SSSR count). The molecule has 110 valence electrons. The minimum Gasteiger partial charge on any atom is -0.494 e. The molecule has 0 aliphatic carbocycles. The predicted octanol–water partition coefficient (Wildman–Crippen LogP) is 4.23. The van der Waals surface area contributed by atoms with Crippen LogP contribution >= 0.6 is 23.2 Å². The van der Waals surface area contributed by atoms with Crippen LogP contribution in [0, 0.1) is 0 Å². The molecule has 1 amide bonds. The zero-order chi connectivity index (χ0) is 15.4. The number of halogens is 2. The van der Waals surface area contributed by atoms with Gasteiger partial charge < -0.3 is 15.8 Å². The maximum Gasteiger partial charge on any atom is 0.255 e. The third-order valence-corrected chi connectivity index (χ3v) is 3.37. The topological polar surface area (TPSA) is 64.3 Å². The molecule has 2 aromatic rings. The largest absolute Gasteiger partial charge is 0.494 e. The number of ether oxygens (including phenoxy) is 1. The fraction of sp³-hybridized carbons (Fsp3) is 0.133. The summed E-state index contributed by atoms with van der Waals surface area (Å²) in [5, 5.41) is 3.30. The molecule has 0 saturated heterocycles. The first-order valence-electron chi connectivity index (χ1n) is 6.30. The fourth-order valence-corrected chi connectivity index (χ4v) is 2.24. The van der Waals surface area contributed by atoms with E-state index in [9.17, 15) is 4.79 Å². The van der Waals surface area contributed by atoms with Crippen LogP contribution in [0.25, 0.3) is 0 Å². The lowest BCUT2D eigenvalue weighted by atomic mass is 10.2. The summed E-state index contributed by atoms with van der Waals surface area (Å²) in [4.78, 5) is 12.2. The van der Waals surface area contributed by atoms with Crippen molar-refractivity contribution in [2.45, 2.75) is 6.92 Å². The molecule has 2 aromatic carbocycles. The first-order chi connectivity index (χ1) is 10.0. The molecule has 0 radical (unpaired) electrons. The number of nitrogens with one attached hydrogen (secondary N) is 1. The summed E-state index contributed by atoms with van der Waals surface area (Å²) in [6.07, 6.45) is 0. The molecule has 0 aromatic heterocycles. The molecule has 3 N–H and O–H groups in total. The number of nitrogen functional groups attached to an aromatic ring is 1. The molecule has 0 aliphatic rings. The highest BCUT2D eigenvalue weighted by molar-refractivity contribution is 6.39. The summed E-state index contributed by atoms with van der Waals surface area (Å²) in [7, 11) is 0. The van der Waals surface area contributed by atoms with Crippen molar-refractivity contribution in [1.82, 2.24) is 0 Å². The molecule has 0 unspecified atom stereocenters. The van der Waals surface area contributed by atoms with Crippen molar-refractivity contribution < 1.29 is 9.53 Å². The first-order valence-corrected chi connectivity index (χ1v) is 7.05. The van der Waals surface area contributed by atoms with E-state index in [1.165, 1.54) is 0 Å². The molecule has 21 heavy (non-hydrogen) atoms. The lowest BCUT2D eigenvalue weighted by Gasteiger charge is -2.09. The Balaban J connectivity index is 2.20. The van der Waals surface area contributed by atoms with Gasteiger partial charge >= 0.3 is 0 Å². The number of anilines is 2. The molecule has 0 heterocycles. The normalized spacial score (nSPS) is 10.2. The van der Waals surface area contributed by atoms with Crippen LogP contribution in [0.2, 0.25) is 10.0 Å². The lowest BCUT2D eigenvalue weighted by Crippen LogP contribution is -2.12. The second-order valence-corrected chi connectivity index (χ2v) is 5.08. The van der Waals surface area contributed by atoms with E-state index in [0.717, 1.165) is 0 Å². The standard InChI is InChI=1S/C15H14Cl2N2O2/c1-2-21-11-5-3-4-9(6-11)15(20)19-10-7-12(16)14(18)13(17)8-10/h3-8H,2,18H2,1H3,(H,19,20). The molecule has 0 atom stereocenters. The number of carbonyl (C=O) groups excluding carboxylic acids is 1. The van der Waals surface area contributed by atoms with Gasteiger partial charge in [0.15, 0.2) is 0 Å². The molecule has 0 fully saturated rings. The van der Waals surface area contributed by atoms with E-state index in [4.69, 9.17) is 33.7 Å². The summed E-state index contributed by atoms with van der Waals surface area (Å²) in [6.45, 7) is 2.42. The second-order valence-electron chi connectivity index (χ2n) is 4.27. The highest BCUT2D eigenvalue weighted by Gasteiger charge is 2.10. The fourth-order valence-electron chi connectivity index (χ4n) is 1.75. The maximum atomic E-state index is 12.2. The summed E-state index contributed by atoms with van der Waals surface area (Å²) < 4.78 is 5.36. The Bertz CT molecular complexity index is 651. The van der Waals surface area contributed by atoms with Gasteiger partial charge in [0, 0.05) is 11.3 Å². The first kappa shape index (κ1) is 15.5. The van der Waals surface area contributed by atoms with Gasteiger partial charge in [0.1, 0.15) is 5.75 Å². The van der Waals surface area contributed by atoms with Gasteiger partial charge in [-0.2, -0.15) is 0 Å².